The number of aryl methyl sites for hydroxylation is 1. The van der Waals surface area contributed by atoms with Crippen LogP contribution in [0.1, 0.15) is 11.3 Å². The molecule has 1 aliphatic heterocycles. The van der Waals surface area contributed by atoms with Crippen molar-refractivity contribution in [2.75, 3.05) is 17.8 Å². The minimum atomic E-state index is 0.290. The summed E-state index contributed by atoms with van der Waals surface area (Å²) in [5.74, 6) is 2.28. The minimum Gasteiger partial charge on any atom is -0.454 e. The molecule has 0 atom stereocenters. The maximum atomic E-state index is 5.87. The molecule has 19 heavy (non-hydrogen) atoms. The van der Waals surface area contributed by atoms with Gasteiger partial charge in [0.25, 0.3) is 0 Å². The molecule has 0 spiro atoms. The van der Waals surface area contributed by atoms with E-state index in [0.717, 1.165) is 22.8 Å². The lowest BCUT2D eigenvalue weighted by atomic mass is 10.2. The van der Waals surface area contributed by atoms with Crippen LogP contribution in [0.2, 0.25) is 0 Å². The van der Waals surface area contributed by atoms with Gasteiger partial charge in [-0.3, -0.25) is 0 Å². The van der Waals surface area contributed by atoms with Gasteiger partial charge in [0, 0.05) is 12.2 Å². The molecule has 5 heteroatoms. The van der Waals surface area contributed by atoms with Crippen LogP contribution in [-0.2, 0) is 6.54 Å². The number of pyridine rings is 1. The van der Waals surface area contributed by atoms with Gasteiger partial charge in [0.2, 0.25) is 6.79 Å². The number of nitrogen functional groups attached to an aromatic ring is 1. The zero-order valence-electron chi connectivity index (χ0n) is 10.6. The van der Waals surface area contributed by atoms with Gasteiger partial charge in [-0.25, -0.2) is 4.98 Å². The zero-order valence-corrected chi connectivity index (χ0v) is 10.6. The molecule has 3 rings (SSSR count). The van der Waals surface area contributed by atoms with E-state index in [0.29, 0.717) is 24.8 Å². The lowest BCUT2D eigenvalue weighted by molar-refractivity contribution is 0.174. The molecular formula is C14H15N3O2. The Labute approximate surface area is 111 Å². The fourth-order valence-corrected chi connectivity index (χ4v) is 1.95. The van der Waals surface area contributed by atoms with Crippen LogP contribution in [0.3, 0.4) is 0 Å². The predicted octanol–water partition coefficient (Wildman–Crippen LogP) is 2.31. The number of benzene rings is 1. The first kappa shape index (κ1) is 11.6. The molecule has 0 saturated carbocycles. The van der Waals surface area contributed by atoms with Gasteiger partial charge in [-0.1, -0.05) is 6.07 Å². The van der Waals surface area contributed by atoms with Crippen LogP contribution in [-0.4, -0.2) is 11.8 Å². The first-order valence-corrected chi connectivity index (χ1v) is 6.08. The lowest BCUT2D eigenvalue weighted by Crippen LogP contribution is -2.05. The van der Waals surface area contributed by atoms with Crippen LogP contribution < -0.4 is 20.5 Å². The van der Waals surface area contributed by atoms with Crippen LogP contribution >= 0.6 is 0 Å². The average molecular weight is 257 g/mol. The summed E-state index contributed by atoms with van der Waals surface area (Å²) in [7, 11) is 0. The second-order valence-electron chi connectivity index (χ2n) is 4.43. The van der Waals surface area contributed by atoms with E-state index >= 15 is 0 Å². The number of hydrogen-bond donors (Lipinski definition) is 2. The van der Waals surface area contributed by atoms with Gasteiger partial charge in [0.1, 0.15) is 5.82 Å². The van der Waals surface area contributed by atoms with Gasteiger partial charge < -0.3 is 20.5 Å². The van der Waals surface area contributed by atoms with E-state index in [9.17, 15) is 0 Å². The molecule has 98 valence electrons. The minimum absolute atomic E-state index is 0.290. The first-order chi connectivity index (χ1) is 9.22. The number of nitrogens with zero attached hydrogens (tertiary/aromatic N) is 1. The van der Waals surface area contributed by atoms with Crippen molar-refractivity contribution in [2.24, 2.45) is 0 Å². The Morgan fingerprint density at radius 2 is 2.05 bits per heavy atom. The molecular weight excluding hydrogens is 242 g/mol. The summed E-state index contributed by atoms with van der Waals surface area (Å²) in [5, 5.41) is 3.23. The quantitative estimate of drug-likeness (QED) is 0.883. The molecule has 0 unspecified atom stereocenters. The van der Waals surface area contributed by atoms with Gasteiger partial charge in [-0.2, -0.15) is 0 Å². The maximum absolute atomic E-state index is 5.87. The number of nitrogens with two attached hydrogens (primary N) is 1. The number of fused-ring (bicyclic) bond motifs is 1. The third-order valence-electron chi connectivity index (χ3n) is 2.96. The second kappa shape index (κ2) is 4.68. The van der Waals surface area contributed by atoms with Gasteiger partial charge in [0.05, 0.1) is 5.69 Å². The Kier molecular flexibility index (Phi) is 2.87. The molecule has 2 aromatic rings. The van der Waals surface area contributed by atoms with Crippen LogP contribution in [0, 0.1) is 6.92 Å². The highest BCUT2D eigenvalue weighted by atomic mass is 16.7. The van der Waals surface area contributed by atoms with Crippen molar-refractivity contribution >= 4 is 11.5 Å². The van der Waals surface area contributed by atoms with Crippen molar-refractivity contribution in [3.63, 3.8) is 0 Å². The monoisotopic (exact) mass is 257 g/mol. The van der Waals surface area contributed by atoms with E-state index in [1.807, 2.05) is 37.3 Å². The highest BCUT2D eigenvalue weighted by molar-refractivity contribution is 5.61. The van der Waals surface area contributed by atoms with Crippen LogP contribution in [0.5, 0.6) is 11.5 Å². The van der Waals surface area contributed by atoms with E-state index in [-0.39, 0.29) is 0 Å². The number of hydrogen-bond acceptors (Lipinski definition) is 5. The zero-order chi connectivity index (χ0) is 13.2. The van der Waals surface area contributed by atoms with E-state index < -0.39 is 0 Å². The van der Waals surface area contributed by atoms with E-state index in [2.05, 4.69) is 10.3 Å². The molecule has 0 bridgehead atoms. The van der Waals surface area contributed by atoms with Crippen LogP contribution in [0.4, 0.5) is 11.5 Å². The van der Waals surface area contributed by atoms with E-state index in [1.165, 1.54) is 0 Å². The maximum Gasteiger partial charge on any atom is 0.231 e. The average Bonchev–Trinajstić information content (AvgIpc) is 2.87. The highest BCUT2D eigenvalue weighted by Gasteiger charge is 2.13. The Morgan fingerprint density at radius 3 is 2.95 bits per heavy atom. The largest absolute Gasteiger partial charge is 0.454 e. The number of anilines is 2. The third kappa shape index (κ3) is 2.40. The van der Waals surface area contributed by atoms with Gasteiger partial charge >= 0.3 is 0 Å². The van der Waals surface area contributed by atoms with Gasteiger partial charge in [0.15, 0.2) is 11.5 Å². The van der Waals surface area contributed by atoms with Crippen molar-refractivity contribution in [3.8, 4) is 11.5 Å². The summed E-state index contributed by atoms with van der Waals surface area (Å²) in [5.41, 5.74) is 8.54. The smallest absolute Gasteiger partial charge is 0.231 e. The third-order valence-corrected chi connectivity index (χ3v) is 2.96. The van der Waals surface area contributed by atoms with Crippen molar-refractivity contribution in [3.05, 3.63) is 41.6 Å². The predicted molar refractivity (Wildman–Crippen MR) is 73.3 cm³/mol. The molecule has 3 N–H and O–H groups in total. The van der Waals surface area contributed by atoms with Gasteiger partial charge in [-0.05, 0) is 36.8 Å². The Morgan fingerprint density at radius 1 is 1.21 bits per heavy atom. The SMILES string of the molecule is Cc1ccc(N)c(NCc2ccc3c(c2)OCO3)n1. The molecule has 0 radical (unpaired) electrons. The fourth-order valence-electron chi connectivity index (χ4n) is 1.95. The Bertz CT molecular complexity index is 614. The topological polar surface area (TPSA) is 69.4 Å². The fraction of sp³-hybridized carbons (Fsp3) is 0.214. The molecule has 1 aromatic heterocycles. The molecule has 1 aromatic carbocycles. The summed E-state index contributed by atoms with van der Waals surface area (Å²) < 4.78 is 10.6. The molecule has 2 heterocycles. The normalized spacial score (nSPS) is 12.5. The Hall–Kier alpha value is -2.43. The number of ether oxygens (including phenoxy) is 2. The van der Waals surface area contributed by atoms with Crippen molar-refractivity contribution in [1.82, 2.24) is 4.98 Å². The van der Waals surface area contributed by atoms with E-state index in [4.69, 9.17) is 15.2 Å². The summed E-state index contributed by atoms with van der Waals surface area (Å²) in [4.78, 5) is 4.37. The second-order valence-corrected chi connectivity index (χ2v) is 4.43. The Balaban J connectivity index is 1.74. The van der Waals surface area contributed by atoms with Crippen LogP contribution in [0.15, 0.2) is 30.3 Å². The van der Waals surface area contributed by atoms with Crippen molar-refractivity contribution in [1.29, 1.82) is 0 Å². The van der Waals surface area contributed by atoms with E-state index in [1.54, 1.807) is 0 Å². The molecule has 0 fully saturated rings. The summed E-state index contributed by atoms with van der Waals surface area (Å²) in [6, 6.07) is 9.60. The van der Waals surface area contributed by atoms with Crippen LogP contribution in [0.25, 0.3) is 0 Å². The summed E-state index contributed by atoms with van der Waals surface area (Å²) in [6.45, 7) is 2.86. The summed E-state index contributed by atoms with van der Waals surface area (Å²) >= 11 is 0. The number of rotatable bonds is 3. The van der Waals surface area contributed by atoms with Crippen molar-refractivity contribution in [2.45, 2.75) is 13.5 Å². The molecule has 5 nitrogen and oxygen atoms in total. The van der Waals surface area contributed by atoms with Gasteiger partial charge in [-0.15, -0.1) is 0 Å². The highest BCUT2D eigenvalue weighted by Crippen LogP contribution is 2.32. The molecule has 1 aliphatic rings. The van der Waals surface area contributed by atoms with Crippen molar-refractivity contribution < 1.29 is 9.47 Å². The number of nitrogens with one attached hydrogen (secondary N) is 1. The molecule has 0 amide bonds. The first-order valence-electron chi connectivity index (χ1n) is 6.08. The molecule has 0 saturated heterocycles. The number of aromatic nitrogens is 1. The molecule has 0 aliphatic carbocycles. The standard InChI is InChI=1S/C14H15N3O2/c1-9-2-4-11(15)14(17-9)16-7-10-3-5-12-13(6-10)19-8-18-12/h2-6H,7-8,15H2,1H3,(H,16,17). The lowest BCUT2D eigenvalue weighted by Gasteiger charge is -2.09. The summed E-state index contributed by atoms with van der Waals surface area (Å²) in [6.07, 6.45) is 0.